The van der Waals surface area contributed by atoms with E-state index in [1.54, 1.807) is 0 Å². The Morgan fingerprint density at radius 3 is 1.75 bits per heavy atom. The van der Waals surface area contributed by atoms with Gasteiger partial charge in [-0.1, -0.05) is 67.9 Å². The lowest BCUT2D eigenvalue weighted by Crippen LogP contribution is -2.56. The smallest absolute Gasteiger partial charge is 0.150 e. The van der Waals surface area contributed by atoms with Gasteiger partial charge in [-0.25, -0.2) is 0 Å². The van der Waals surface area contributed by atoms with Crippen LogP contribution in [0.4, 0.5) is 0 Å². The molecule has 0 aliphatic carbocycles. The van der Waals surface area contributed by atoms with Gasteiger partial charge >= 0.3 is 0 Å². The lowest BCUT2D eigenvalue weighted by atomic mass is 10.2. The molecule has 0 saturated carbocycles. The Labute approximate surface area is 101 Å². The standard InChI is InChI=1S/C13H22OSi2/c1-15(2,3)12-8-7-11(10-14)9-13(12)16(4,5)6/h7-10H,1-6H3. The molecule has 0 unspecified atom stereocenters. The maximum atomic E-state index is 10.9. The summed E-state index contributed by atoms with van der Waals surface area (Å²) in [7, 11) is -2.66. The molecule has 0 bridgehead atoms. The first-order valence-electron chi connectivity index (χ1n) is 5.76. The maximum Gasteiger partial charge on any atom is 0.150 e. The molecule has 1 rings (SSSR count). The first-order chi connectivity index (χ1) is 7.16. The van der Waals surface area contributed by atoms with Crippen LogP contribution in [0.2, 0.25) is 39.3 Å². The van der Waals surface area contributed by atoms with Crippen molar-refractivity contribution in [2.75, 3.05) is 0 Å². The molecule has 1 nitrogen and oxygen atoms in total. The van der Waals surface area contributed by atoms with Gasteiger partial charge < -0.3 is 0 Å². The molecular weight excluding hydrogens is 228 g/mol. The normalized spacial score (nSPS) is 12.6. The number of carbonyl (C=O) groups excluding carboxylic acids is 1. The van der Waals surface area contributed by atoms with Gasteiger partial charge in [-0.15, -0.1) is 0 Å². The number of carbonyl (C=O) groups is 1. The molecule has 0 fully saturated rings. The van der Waals surface area contributed by atoms with E-state index in [0.29, 0.717) is 0 Å². The molecule has 0 amide bonds. The van der Waals surface area contributed by atoms with Crippen LogP contribution in [0.5, 0.6) is 0 Å². The zero-order valence-corrected chi connectivity index (χ0v) is 13.2. The lowest BCUT2D eigenvalue weighted by molar-refractivity contribution is 0.112. The van der Waals surface area contributed by atoms with E-state index in [2.05, 4.69) is 51.4 Å². The summed E-state index contributed by atoms with van der Waals surface area (Å²) in [4.78, 5) is 10.9. The molecule has 88 valence electrons. The van der Waals surface area contributed by atoms with E-state index in [1.807, 2.05) is 6.07 Å². The summed E-state index contributed by atoms with van der Waals surface area (Å²) in [6, 6.07) is 6.26. The zero-order chi connectivity index (χ0) is 12.6. The highest BCUT2D eigenvalue weighted by Crippen LogP contribution is 2.08. The first kappa shape index (κ1) is 13.4. The van der Waals surface area contributed by atoms with Gasteiger partial charge in [0, 0.05) is 5.56 Å². The summed E-state index contributed by atoms with van der Waals surface area (Å²) in [5.41, 5.74) is 0.819. The fraction of sp³-hybridized carbons (Fsp3) is 0.462. The van der Waals surface area contributed by atoms with Crippen LogP contribution in [0.25, 0.3) is 0 Å². The van der Waals surface area contributed by atoms with Crippen molar-refractivity contribution in [2.24, 2.45) is 0 Å². The van der Waals surface area contributed by atoms with Crippen molar-refractivity contribution in [2.45, 2.75) is 39.3 Å². The Balaban J connectivity index is 3.45. The van der Waals surface area contributed by atoms with Crippen LogP contribution in [0.1, 0.15) is 10.4 Å². The molecule has 0 aromatic heterocycles. The van der Waals surface area contributed by atoms with Crippen LogP contribution in [0, 0.1) is 0 Å². The molecule has 1 aromatic carbocycles. The fourth-order valence-corrected chi connectivity index (χ4v) is 7.11. The van der Waals surface area contributed by atoms with Crippen molar-refractivity contribution in [3.8, 4) is 0 Å². The maximum absolute atomic E-state index is 10.9. The second-order valence-corrected chi connectivity index (χ2v) is 16.5. The summed E-state index contributed by atoms with van der Waals surface area (Å²) in [6.45, 7) is 14.1. The summed E-state index contributed by atoms with van der Waals surface area (Å²) in [5, 5.41) is 2.99. The minimum atomic E-state index is -1.36. The average molecular weight is 250 g/mol. The van der Waals surface area contributed by atoms with Gasteiger partial charge in [0.05, 0.1) is 16.1 Å². The molecule has 0 spiro atoms. The van der Waals surface area contributed by atoms with Gasteiger partial charge in [0.2, 0.25) is 0 Å². The van der Waals surface area contributed by atoms with Gasteiger partial charge in [0.25, 0.3) is 0 Å². The minimum absolute atomic E-state index is 0.819. The third-order valence-electron chi connectivity index (χ3n) is 2.80. The van der Waals surface area contributed by atoms with Crippen LogP contribution in [0.15, 0.2) is 18.2 Å². The van der Waals surface area contributed by atoms with E-state index >= 15 is 0 Å². The van der Waals surface area contributed by atoms with E-state index in [1.165, 1.54) is 10.4 Å². The molecule has 0 aliphatic rings. The van der Waals surface area contributed by atoms with Crippen LogP contribution in [-0.4, -0.2) is 22.4 Å². The van der Waals surface area contributed by atoms with E-state index < -0.39 is 16.1 Å². The van der Waals surface area contributed by atoms with Crippen molar-refractivity contribution < 1.29 is 4.79 Å². The van der Waals surface area contributed by atoms with E-state index in [0.717, 1.165) is 11.8 Å². The Hall–Kier alpha value is -0.676. The highest BCUT2D eigenvalue weighted by atomic mass is 28.3. The third-order valence-corrected chi connectivity index (χ3v) is 7.13. The van der Waals surface area contributed by atoms with Gasteiger partial charge in [-0.3, -0.25) is 4.79 Å². The van der Waals surface area contributed by atoms with Crippen LogP contribution >= 0.6 is 0 Å². The second-order valence-electron chi connectivity index (χ2n) is 6.42. The highest BCUT2D eigenvalue weighted by Gasteiger charge is 2.27. The molecule has 0 radical (unpaired) electrons. The lowest BCUT2D eigenvalue weighted by Gasteiger charge is -2.28. The Morgan fingerprint density at radius 2 is 1.38 bits per heavy atom. The number of rotatable bonds is 3. The predicted molar refractivity (Wildman–Crippen MR) is 77.8 cm³/mol. The van der Waals surface area contributed by atoms with Crippen molar-refractivity contribution >= 4 is 32.8 Å². The van der Waals surface area contributed by atoms with Crippen molar-refractivity contribution in [3.05, 3.63) is 23.8 Å². The van der Waals surface area contributed by atoms with Crippen molar-refractivity contribution in [1.82, 2.24) is 0 Å². The summed E-state index contributed by atoms with van der Waals surface area (Å²) in [6.07, 6.45) is 0.956. The molecule has 0 atom stereocenters. The average Bonchev–Trinajstić information content (AvgIpc) is 2.14. The van der Waals surface area contributed by atoms with E-state index in [9.17, 15) is 4.79 Å². The third kappa shape index (κ3) is 2.92. The number of hydrogen-bond donors (Lipinski definition) is 0. The minimum Gasteiger partial charge on any atom is -0.298 e. The molecule has 0 heterocycles. The van der Waals surface area contributed by atoms with Gasteiger partial charge in [0.1, 0.15) is 6.29 Å². The highest BCUT2D eigenvalue weighted by molar-refractivity contribution is 6.98. The fourth-order valence-electron chi connectivity index (χ4n) is 1.91. The van der Waals surface area contributed by atoms with Crippen molar-refractivity contribution in [1.29, 1.82) is 0 Å². The van der Waals surface area contributed by atoms with Crippen LogP contribution in [0.3, 0.4) is 0 Å². The van der Waals surface area contributed by atoms with Gasteiger partial charge in [-0.05, 0) is 0 Å². The molecule has 0 saturated heterocycles. The SMILES string of the molecule is C[Si](C)(C)c1ccc(C=O)cc1[Si](C)(C)C. The Kier molecular flexibility index (Phi) is 3.60. The quantitative estimate of drug-likeness (QED) is 0.595. The van der Waals surface area contributed by atoms with Crippen LogP contribution < -0.4 is 10.4 Å². The Morgan fingerprint density at radius 1 is 0.875 bits per heavy atom. The summed E-state index contributed by atoms with van der Waals surface area (Å²) in [5.74, 6) is 0. The molecule has 0 N–H and O–H groups in total. The van der Waals surface area contributed by atoms with Crippen LogP contribution in [-0.2, 0) is 0 Å². The largest absolute Gasteiger partial charge is 0.298 e. The predicted octanol–water partition coefficient (Wildman–Crippen LogP) is 2.59. The number of hydrogen-bond acceptors (Lipinski definition) is 1. The Bertz CT molecular complexity index is 397. The summed E-state index contributed by atoms with van der Waals surface area (Å²) >= 11 is 0. The number of aldehydes is 1. The molecule has 3 heteroatoms. The molecule has 16 heavy (non-hydrogen) atoms. The second kappa shape index (κ2) is 4.30. The monoisotopic (exact) mass is 250 g/mol. The first-order valence-corrected chi connectivity index (χ1v) is 12.8. The molecule has 1 aromatic rings. The summed E-state index contributed by atoms with van der Waals surface area (Å²) < 4.78 is 0. The van der Waals surface area contributed by atoms with Gasteiger partial charge in [0.15, 0.2) is 0 Å². The molecular formula is C13H22OSi2. The van der Waals surface area contributed by atoms with Gasteiger partial charge in [-0.2, -0.15) is 0 Å². The number of benzene rings is 1. The zero-order valence-electron chi connectivity index (χ0n) is 11.2. The van der Waals surface area contributed by atoms with E-state index in [4.69, 9.17) is 0 Å². The van der Waals surface area contributed by atoms with E-state index in [-0.39, 0.29) is 0 Å². The molecule has 0 aliphatic heterocycles. The van der Waals surface area contributed by atoms with Crippen molar-refractivity contribution in [3.63, 3.8) is 0 Å². The topological polar surface area (TPSA) is 17.1 Å².